The largest absolute Gasteiger partial charge is 0.392 e. The molecular weight excluding hydrogens is 474 g/mol. The first-order valence-corrected chi connectivity index (χ1v) is 10.8. The second-order valence-electron chi connectivity index (χ2n) is 8.27. The molecule has 0 aliphatic heterocycles. The number of aryl methyl sites for hydroxylation is 2. The number of aromatic amines is 2. The Morgan fingerprint density at radius 1 is 0.750 bits per heavy atom. The Kier molecular flexibility index (Phi) is 5.61. The number of hydrogen-bond acceptors (Lipinski definition) is 6. The smallest absolute Gasteiger partial charge is 0.274 e. The van der Waals surface area contributed by atoms with E-state index in [1.165, 1.54) is 21.2 Å². The van der Waals surface area contributed by atoms with Crippen molar-refractivity contribution in [3.05, 3.63) is 91.3 Å². The lowest BCUT2D eigenvalue weighted by molar-refractivity contribution is 0.276. The Labute approximate surface area is 200 Å². The number of aromatic nitrogens is 6. The summed E-state index contributed by atoms with van der Waals surface area (Å²) in [5, 5.41) is 26.2. The van der Waals surface area contributed by atoms with Gasteiger partial charge >= 0.3 is 0 Å². The highest BCUT2D eigenvalue weighted by Gasteiger charge is 2.15. The maximum atomic E-state index is 14.0. The van der Waals surface area contributed by atoms with Crippen LogP contribution in [0.5, 0.6) is 0 Å². The van der Waals surface area contributed by atoms with Crippen LogP contribution in [0.25, 0.3) is 33.1 Å². The molecule has 0 unspecified atom stereocenters. The summed E-state index contributed by atoms with van der Waals surface area (Å²) in [4.78, 5) is 28.8. The molecule has 10 nitrogen and oxygen atoms in total. The van der Waals surface area contributed by atoms with E-state index in [0.717, 1.165) is 11.1 Å². The number of hydrogen-bond donors (Lipinski definition) is 4. The summed E-state index contributed by atoms with van der Waals surface area (Å²) in [6.07, 6.45) is 3.11. The van der Waals surface area contributed by atoms with Crippen molar-refractivity contribution in [2.75, 3.05) is 0 Å². The molecule has 0 radical (unpaired) electrons. The predicted octanol–water partition coefficient (Wildman–Crippen LogP) is 2.23. The fourth-order valence-electron chi connectivity index (χ4n) is 4.17. The van der Waals surface area contributed by atoms with Gasteiger partial charge < -0.3 is 20.2 Å². The van der Waals surface area contributed by atoms with Gasteiger partial charge in [-0.2, -0.15) is 10.2 Å². The number of aliphatic hydroxyl groups is 2. The Balaban J connectivity index is 0.000000148. The second-order valence-corrected chi connectivity index (χ2v) is 8.27. The van der Waals surface area contributed by atoms with Crippen molar-refractivity contribution in [1.82, 2.24) is 29.2 Å². The van der Waals surface area contributed by atoms with Gasteiger partial charge in [-0.05, 0) is 26.0 Å². The normalized spacial score (nSPS) is 11.5. The molecule has 2 aromatic carbocycles. The van der Waals surface area contributed by atoms with Gasteiger partial charge in [0.15, 0.2) is 11.6 Å². The number of aliphatic hydroxyl groups excluding tert-OH is 2. The zero-order valence-electron chi connectivity index (χ0n) is 19.1. The number of H-pyrrole nitrogens is 2. The molecule has 0 saturated carbocycles. The van der Waals surface area contributed by atoms with Crippen LogP contribution in [0, 0.1) is 25.5 Å². The maximum Gasteiger partial charge on any atom is 0.274 e. The molecule has 0 atom stereocenters. The van der Waals surface area contributed by atoms with Crippen LogP contribution in [-0.2, 0) is 13.2 Å². The third-order valence-corrected chi connectivity index (χ3v) is 6.01. The minimum absolute atomic E-state index is 0.0575. The van der Waals surface area contributed by atoms with Crippen LogP contribution in [0.1, 0.15) is 22.3 Å². The van der Waals surface area contributed by atoms with E-state index in [0.29, 0.717) is 22.1 Å². The first kappa shape index (κ1) is 23.3. The van der Waals surface area contributed by atoms with E-state index in [-0.39, 0.29) is 22.2 Å². The number of halogens is 2. The van der Waals surface area contributed by atoms with E-state index < -0.39 is 36.0 Å². The van der Waals surface area contributed by atoms with Crippen LogP contribution < -0.4 is 11.1 Å². The summed E-state index contributed by atoms with van der Waals surface area (Å²) in [6.45, 7) is 2.70. The van der Waals surface area contributed by atoms with E-state index in [1.54, 1.807) is 38.4 Å². The molecule has 4 N–H and O–H groups in total. The van der Waals surface area contributed by atoms with Crippen LogP contribution in [0.4, 0.5) is 8.78 Å². The van der Waals surface area contributed by atoms with Gasteiger partial charge in [0.1, 0.15) is 22.1 Å². The molecule has 0 fully saturated rings. The summed E-state index contributed by atoms with van der Waals surface area (Å²) >= 11 is 0. The van der Waals surface area contributed by atoms with Gasteiger partial charge in [-0.15, -0.1) is 0 Å². The van der Waals surface area contributed by atoms with Crippen LogP contribution >= 0.6 is 0 Å². The predicted molar refractivity (Wildman–Crippen MR) is 128 cm³/mol. The summed E-state index contributed by atoms with van der Waals surface area (Å²) in [5.74, 6) is -1.25. The van der Waals surface area contributed by atoms with Gasteiger partial charge in [-0.1, -0.05) is 12.1 Å². The van der Waals surface area contributed by atoms with Crippen LogP contribution in [-0.4, -0.2) is 39.4 Å². The van der Waals surface area contributed by atoms with E-state index in [4.69, 9.17) is 10.2 Å². The van der Waals surface area contributed by atoms with Crippen LogP contribution in [0.15, 0.2) is 46.2 Å². The molecule has 0 aliphatic carbocycles. The van der Waals surface area contributed by atoms with Gasteiger partial charge in [0.05, 0.1) is 36.6 Å². The zero-order valence-corrected chi connectivity index (χ0v) is 19.1. The maximum absolute atomic E-state index is 14.0. The molecule has 4 aromatic heterocycles. The Morgan fingerprint density at radius 2 is 1.14 bits per heavy atom. The van der Waals surface area contributed by atoms with Crippen molar-refractivity contribution in [2.24, 2.45) is 0 Å². The first-order chi connectivity index (χ1) is 17.3. The Bertz CT molecular complexity index is 1780. The molecule has 0 bridgehead atoms. The van der Waals surface area contributed by atoms with Gasteiger partial charge in [-0.3, -0.25) is 9.59 Å². The second kappa shape index (κ2) is 8.66. The summed E-state index contributed by atoms with van der Waals surface area (Å²) in [5.41, 5.74) is 2.79. The molecule has 0 aliphatic rings. The van der Waals surface area contributed by atoms with Crippen LogP contribution in [0.3, 0.4) is 0 Å². The molecule has 6 rings (SSSR count). The van der Waals surface area contributed by atoms with Gasteiger partial charge in [0.2, 0.25) is 0 Å². The molecule has 36 heavy (non-hydrogen) atoms. The molecule has 4 heterocycles. The van der Waals surface area contributed by atoms with Crippen molar-refractivity contribution >= 4 is 33.1 Å². The van der Waals surface area contributed by atoms with Gasteiger partial charge in [0.25, 0.3) is 11.1 Å². The summed E-state index contributed by atoms with van der Waals surface area (Å²) < 4.78 is 30.8. The van der Waals surface area contributed by atoms with E-state index in [1.807, 2.05) is 0 Å². The first-order valence-electron chi connectivity index (χ1n) is 10.8. The highest BCUT2D eigenvalue weighted by molar-refractivity contribution is 5.80. The number of nitrogens with zero attached hydrogens (tertiary/aromatic N) is 4. The van der Waals surface area contributed by atoms with Gasteiger partial charge in [0, 0.05) is 22.3 Å². The minimum atomic E-state index is -0.623. The van der Waals surface area contributed by atoms with E-state index >= 15 is 0 Å². The fourth-order valence-corrected chi connectivity index (χ4v) is 4.17. The molecule has 0 amide bonds. The Hall–Kier alpha value is -4.42. The van der Waals surface area contributed by atoms with Crippen molar-refractivity contribution < 1.29 is 19.0 Å². The standard InChI is InChI=1S/2C12H10FN3O2/c2*1-6-4-14-16-8-3-2-7(5-17)9(13)10(8)15-12(18)11(6)16/h2*2-4,17H,5H2,1H3,(H,15,18). The summed E-state index contributed by atoms with van der Waals surface area (Å²) in [7, 11) is 0. The molecule has 0 spiro atoms. The molecule has 6 aromatic rings. The Morgan fingerprint density at radius 3 is 1.50 bits per heavy atom. The number of benzene rings is 2. The lowest BCUT2D eigenvalue weighted by atomic mass is 10.2. The lowest BCUT2D eigenvalue weighted by Gasteiger charge is -2.05. The van der Waals surface area contributed by atoms with Gasteiger partial charge in [-0.25, -0.2) is 17.8 Å². The van der Waals surface area contributed by atoms with Crippen LogP contribution in [0.2, 0.25) is 0 Å². The zero-order chi connectivity index (χ0) is 25.7. The number of rotatable bonds is 2. The lowest BCUT2D eigenvalue weighted by Crippen LogP contribution is -2.13. The van der Waals surface area contributed by atoms with Crippen molar-refractivity contribution in [3.8, 4) is 0 Å². The highest BCUT2D eigenvalue weighted by Crippen LogP contribution is 2.21. The molecule has 0 saturated heterocycles. The average Bonchev–Trinajstić information content (AvgIpc) is 3.45. The topological polar surface area (TPSA) is 141 Å². The SMILES string of the molecule is Cc1cnn2c1c(=O)[nH]c1c(F)c(CO)ccc12.Cc1cnn2c1c(=O)[nH]c1c(F)c(CO)ccc12. The quantitative estimate of drug-likeness (QED) is 0.291. The molecule has 12 heteroatoms. The van der Waals surface area contributed by atoms with Crippen molar-refractivity contribution in [3.63, 3.8) is 0 Å². The fraction of sp³-hybridized carbons (Fsp3) is 0.167. The summed E-state index contributed by atoms with van der Waals surface area (Å²) in [6, 6.07) is 6.21. The third-order valence-electron chi connectivity index (χ3n) is 6.01. The number of nitrogens with one attached hydrogen (secondary N) is 2. The van der Waals surface area contributed by atoms with Crippen molar-refractivity contribution in [2.45, 2.75) is 27.1 Å². The van der Waals surface area contributed by atoms with E-state index in [2.05, 4.69) is 20.2 Å². The van der Waals surface area contributed by atoms with E-state index in [9.17, 15) is 18.4 Å². The van der Waals surface area contributed by atoms with Crippen molar-refractivity contribution in [1.29, 1.82) is 0 Å². The number of fused-ring (bicyclic) bond motifs is 6. The monoisotopic (exact) mass is 494 g/mol. The minimum Gasteiger partial charge on any atom is -0.392 e. The highest BCUT2D eigenvalue weighted by atomic mass is 19.1. The molecule has 184 valence electrons. The molecular formula is C24H20F2N6O4. The average molecular weight is 494 g/mol. The third kappa shape index (κ3) is 3.46.